The van der Waals surface area contributed by atoms with Gasteiger partial charge in [-0.3, -0.25) is 9.89 Å². The predicted molar refractivity (Wildman–Crippen MR) is 88.0 cm³/mol. The molecule has 118 valence electrons. The van der Waals surface area contributed by atoms with Crippen LogP contribution in [0.2, 0.25) is 0 Å². The van der Waals surface area contributed by atoms with Gasteiger partial charge in [0, 0.05) is 12.6 Å². The molecule has 0 aliphatic heterocycles. The molecule has 1 amide bonds. The number of H-pyrrole nitrogens is 1. The Morgan fingerprint density at radius 3 is 2.57 bits per heavy atom. The van der Waals surface area contributed by atoms with E-state index in [-0.39, 0.29) is 5.91 Å². The predicted octanol–water partition coefficient (Wildman–Crippen LogP) is 3.56. The number of aromatic amines is 1. The van der Waals surface area contributed by atoms with Gasteiger partial charge in [-0.2, -0.15) is 5.10 Å². The Morgan fingerprint density at radius 1 is 1.17 bits per heavy atom. The number of aryl methyl sites for hydroxylation is 2. The van der Waals surface area contributed by atoms with E-state index in [1.807, 2.05) is 50.2 Å². The van der Waals surface area contributed by atoms with Crippen LogP contribution in [0.25, 0.3) is 11.3 Å². The van der Waals surface area contributed by atoms with Crippen molar-refractivity contribution in [3.05, 3.63) is 65.2 Å². The summed E-state index contributed by atoms with van der Waals surface area (Å²) in [4.78, 5) is 14.1. The summed E-state index contributed by atoms with van der Waals surface area (Å²) in [6.45, 7) is 4.34. The summed E-state index contributed by atoms with van der Waals surface area (Å²) < 4.78 is 5.51. The summed E-state index contributed by atoms with van der Waals surface area (Å²) in [6.07, 6.45) is 0. The summed E-state index contributed by atoms with van der Waals surface area (Å²) in [5, 5.41) is 7.05. The Balaban J connectivity index is 1.74. The lowest BCUT2D eigenvalue weighted by Crippen LogP contribution is -2.26. The van der Waals surface area contributed by atoms with Gasteiger partial charge in [-0.15, -0.1) is 0 Å². The monoisotopic (exact) mass is 309 g/mol. The van der Waals surface area contributed by atoms with Crippen molar-refractivity contribution in [1.82, 2.24) is 15.1 Å². The van der Waals surface area contributed by atoms with E-state index in [9.17, 15) is 4.79 Å². The molecule has 0 bridgehead atoms. The zero-order chi connectivity index (χ0) is 16.4. The van der Waals surface area contributed by atoms with Crippen molar-refractivity contribution < 1.29 is 9.21 Å². The van der Waals surface area contributed by atoms with Gasteiger partial charge in [0.05, 0.1) is 12.2 Å². The molecule has 0 spiro atoms. The highest BCUT2D eigenvalue weighted by Gasteiger charge is 2.16. The Morgan fingerprint density at radius 2 is 1.91 bits per heavy atom. The first-order valence-corrected chi connectivity index (χ1v) is 7.46. The van der Waals surface area contributed by atoms with Crippen LogP contribution in [0.15, 0.2) is 46.9 Å². The highest BCUT2D eigenvalue weighted by Crippen LogP contribution is 2.19. The smallest absolute Gasteiger partial charge is 0.272 e. The van der Waals surface area contributed by atoms with Gasteiger partial charge in [0.2, 0.25) is 0 Å². The van der Waals surface area contributed by atoms with Gasteiger partial charge in [-0.05, 0) is 32.0 Å². The average molecular weight is 309 g/mol. The van der Waals surface area contributed by atoms with Crippen molar-refractivity contribution in [1.29, 1.82) is 0 Å². The number of nitrogens with zero attached hydrogens (tertiary/aromatic N) is 2. The van der Waals surface area contributed by atoms with Gasteiger partial charge in [-0.1, -0.05) is 29.8 Å². The highest BCUT2D eigenvalue weighted by molar-refractivity contribution is 5.93. The van der Waals surface area contributed by atoms with Crippen LogP contribution in [0.1, 0.15) is 27.6 Å². The normalized spacial score (nSPS) is 10.7. The molecule has 1 aromatic carbocycles. The number of rotatable bonds is 4. The van der Waals surface area contributed by atoms with Crippen LogP contribution >= 0.6 is 0 Å². The zero-order valence-corrected chi connectivity index (χ0v) is 13.5. The summed E-state index contributed by atoms with van der Waals surface area (Å²) >= 11 is 0. The third kappa shape index (κ3) is 3.34. The standard InChI is InChI=1S/C18H19N3O2/c1-12-4-7-14(8-5-12)16-10-17(20-19-16)18(22)21(3)11-15-9-6-13(2)23-15/h4-10H,11H2,1-3H3,(H,19,20). The largest absolute Gasteiger partial charge is 0.464 e. The fraction of sp³-hybridized carbons (Fsp3) is 0.222. The van der Waals surface area contributed by atoms with Crippen molar-refractivity contribution in [3.63, 3.8) is 0 Å². The maximum Gasteiger partial charge on any atom is 0.272 e. The number of carbonyl (C=O) groups is 1. The van der Waals surface area contributed by atoms with Gasteiger partial charge in [0.1, 0.15) is 17.2 Å². The number of hydrogen-bond donors (Lipinski definition) is 1. The number of furan rings is 1. The molecule has 2 heterocycles. The Hall–Kier alpha value is -2.82. The van der Waals surface area contributed by atoms with E-state index in [4.69, 9.17) is 4.42 Å². The van der Waals surface area contributed by atoms with E-state index in [0.717, 1.165) is 22.8 Å². The Bertz CT molecular complexity index is 815. The van der Waals surface area contributed by atoms with Crippen LogP contribution in [-0.2, 0) is 6.54 Å². The molecule has 0 aliphatic rings. The summed E-state index contributed by atoms with van der Waals surface area (Å²) in [7, 11) is 1.74. The molecule has 1 N–H and O–H groups in total. The molecule has 0 saturated carbocycles. The molecule has 3 aromatic rings. The van der Waals surface area contributed by atoms with E-state index in [1.165, 1.54) is 5.56 Å². The molecule has 2 aromatic heterocycles. The molecular formula is C18H19N3O2. The number of aromatic nitrogens is 2. The minimum Gasteiger partial charge on any atom is -0.464 e. The molecule has 23 heavy (non-hydrogen) atoms. The minimum absolute atomic E-state index is 0.120. The summed E-state index contributed by atoms with van der Waals surface area (Å²) in [5.74, 6) is 1.48. The molecule has 0 aliphatic carbocycles. The summed E-state index contributed by atoms with van der Waals surface area (Å²) in [5.41, 5.74) is 3.39. The first-order chi connectivity index (χ1) is 11.0. The second kappa shape index (κ2) is 6.12. The lowest BCUT2D eigenvalue weighted by molar-refractivity contribution is 0.0769. The number of benzene rings is 1. The maximum absolute atomic E-state index is 12.5. The van der Waals surface area contributed by atoms with Crippen molar-refractivity contribution >= 4 is 5.91 Å². The van der Waals surface area contributed by atoms with Crippen molar-refractivity contribution in [3.8, 4) is 11.3 Å². The SMILES string of the molecule is Cc1ccc(-c2cc(C(=O)N(C)Cc3ccc(C)o3)[nH]n2)cc1. The van der Waals surface area contributed by atoms with Crippen molar-refractivity contribution in [2.45, 2.75) is 20.4 Å². The molecule has 5 nitrogen and oxygen atoms in total. The molecule has 0 unspecified atom stereocenters. The minimum atomic E-state index is -0.120. The Labute approximate surface area is 134 Å². The van der Waals surface area contributed by atoms with Gasteiger partial charge in [-0.25, -0.2) is 0 Å². The third-order valence-electron chi connectivity index (χ3n) is 3.69. The quantitative estimate of drug-likeness (QED) is 0.801. The zero-order valence-electron chi connectivity index (χ0n) is 13.5. The van der Waals surface area contributed by atoms with E-state index in [2.05, 4.69) is 10.2 Å². The molecule has 3 rings (SSSR count). The fourth-order valence-corrected chi connectivity index (χ4v) is 2.38. The second-order valence-electron chi connectivity index (χ2n) is 5.71. The lowest BCUT2D eigenvalue weighted by atomic mass is 10.1. The fourth-order valence-electron chi connectivity index (χ4n) is 2.38. The average Bonchev–Trinajstić information content (AvgIpc) is 3.16. The maximum atomic E-state index is 12.5. The van der Waals surface area contributed by atoms with Gasteiger partial charge in [0.15, 0.2) is 0 Å². The van der Waals surface area contributed by atoms with Crippen LogP contribution in [0, 0.1) is 13.8 Å². The van der Waals surface area contributed by atoms with E-state index < -0.39 is 0 Å². The van der Waals surface area contributed by atoms with Crippen molar-refractivity contribution in [2.75, 3.05) is 7.05 Å². The number of hydrogen-bond acceptors (Lipinski definition) is 3. The third-order valence-corrected chi connectivity index (χ3v) is 3.69. The van der Waals surface area contributed by atoms with Gasteiger partial charge < -0.3 is 9.32 Å². The molecule has 5 heteroatoms. The molecular weight excluding hydrogens is 290 g/mol. The summed E-state index contributed by atoms with van der Waals surface area (Å²) in [6, 6.07) is 13.6. The van der Waals surface area contributed by atoms with Crippen LogP contribution in [-0.4, -0.2) is 28.1 Å². The van der Waals surface area contributed by atoms with Crippen LogP contribution in [0.4, 0.5) is 0 Å². The molecule has 0 radical (unpaired) electrons. The van der Waals surface area contributed by atoms with E-state index in [1.54, 1.807) is 18.0 Å². The lowest BCUT2D eigenvalue weighted by Gasteiger charge is -2.14. The van der Waals surface area contributed by atoms with Crippen LogP contribution < -0.4 is 0 Å². The van der Waals surface area contributed by atoms with Gasteiger partial charge >= 0.3 is 0 Å². The van der Waals surface area contributed by atoms with E-state index >= 15 is 0 Å². The van der Waals surface area contributed by atoms with Crippen LogP contribution in [0.5, 0.6) is 0 Å². The van der Waals surface area contributed by atoms with E-state index in [0.29, 0.717) is 12.2 Å². The van der Waals surface area contributed by atoms with Gasteiger partial charge in [0.25, 0.3) is 5.91 Å². The molecule has 0 saturated heterocycles. The second-order valence-corrected chi connectivity index (χ2v) is 5.71. The topological polar surface area (TPSA) is 62.1 Å². The van der Waals surface area contributed by atoms with Crippen molar-refractivity contribution in [2.24, 2.45) is 0 Å². The number of nitrogens with one attached hydrogen (secondary N) is 1. The molecule has 0 fully saturated rings. The number of amides is 1. The number of carbonyl (C=O) groups excluding carboxylic acids is 1. The molecule has 0 atom stereocenters. The Kier molecular flexibility index (Phi) is 4.02. The highest BCUT2D eigenvalue weighted by atomic mass is 16.3. The first kappa shape index (κ1) is 15.1. The van der Waals surface area contributed by atoms with Crippen LogP contribution in [0.3, 0.4) is 0 Å². The first-order valence-electron chi connectivity index (χ1n) is 7.46.